The summed E-state index contributed by atoms with van der Waals surface area (Å²) < 4.78 is 43.4. The average Bonchev–Trinajstić information content (AvgIpc) is 2.25. The van der Waals surface area contributed by atoms with Crippen LogP contribution in [0, 0.1) is 23.4 Å². The minimum Gasteiger partial charge on any atom is -0.468 e. The van der Waals surface area contributed by atoms with Crippen LogP contribution in [-0.2, 0) is 9.53 Å². The van der Waals surface area contributed by atoms with Crippen molar-refractivity contribution in [2.24, 2.45) is 5.92 Å². The zero-order valence-corrected chi connectivity index (χ0v) is 9.09. The Kier molecular flexibility index (Phi) is 3.88. The summed E-state index contributed by atoms with van der Waals surface area (Å²) in [5.41, 5.74) is -0.940. The lowest BCUT2D eigenvalue weighted by Gasteiger charge is -2.09. The number of carbonyl (C=O) groups is 2. The van der Waals surface area contributed by atoms with Crippen LogP contribution < -0.4 is 0 Å². The number of esters is 1. The molecule has 3 nitrogen and oxygen atoms in total. The van der Waals surface area contributed by atoms with E-state index in [1.54, 1.807) is 0 Å². The smallest absolute Gasteiger partial charge is 0.316 e. The lowest BCUT2D eigenvalue weighted by atomic mass is 9.98. The van der Waals surface area contributed by atoms with Crippen molar-refractivity contribution in [1.29, 1.82) is 0 Å². The first-order valence-electron chi connectivity index (χ1n) is 4.65. The first kappa shape index (κ1) is 13.2. The second-order valence-corrected chi connectivity index (χ2v) is 3.35. The van der Waals surface area contributed by atoms with E-state index in [1.165, 1.54) is 0 Å². The van der Waals surface area contributed by atoms with E-state index in [9.17, 15) is 22.8 Å². The fourth-order valence-corrected chi connectivity index (χ4v) is 1.28. The molecule has 0 saturated heterocycles. The standard InChI is InChI=1S/C11H9F3O3/c1-5(11(16)17-2)10(15)9-7(13)3-6(12)4-8(9)14/h3-5H,1-2H3. The number of ketones is 1. The van der Waals surface area contributed by atoms with Crippen LogP contribution in [0.3, 0.4) is 0 Å². The van der Waals surface area contributed by atoms with Crippen molar-refractivity contribution in [1.82, 2.24) is 0 Å². The molecule has 0 amide bonds. The Labute approximate surface area is 95.2 Å². The molecule has 1 unspecified atom stereocenters. The fraction of sp³-hybridized carbons (Fsp3) is 0.273. The molecule has 0 spiro atoms. The number of halogens is 3. The number of ether oxygens (including phenoxy) is 1. The first-order chi connectivity index (χ1) is 7.88. The third kappa shape index (κ3) is 2.64. The van der Waals surface area contributed by atoms with Crippen LogP contribution in [0.4, 0.5) is 13.2 Å². The molecule has 1 rings (SSSR count). The van der Waals surface area contributed by atoms with Crippen LogP contribution in [0.5, 0.6) is 0 Å². The second-order valence-electron chi connectivity index (χ2n) is 3.35. The maximum atomic E-state index is 13.2. The fourth-order valence-electron chi connectivity index (χ4n) is 1.28. The number of benzene rings is 1. The summed E-state index contributed by atoms with van der Waals surface area (Å²) >= 11 is 0. The van der Waals surface area contributed by atoms with Gasteiger partial charge in [-0.3, -0.25) is 9.59 Å². The highest BCUT2D eigenvalue weighted by Crippen LogP contribution is 2.19. The Bertz CT molecular complexity index is 448. The molecule has 0 saturated carbocycles. The second kappa shape index (κ2) is 4.99. The molecule has 1 atom stereocenters. The third-order valence-electron chi connectivity index (χ3n) is 2.20. The van der Waals surface area contributed by atoms with Crippen molar-refractivity contribution < 1.29 is 27.5 Å². The van der Waals surface area contributed by atoms with E-state index >= 15 is 0 Å². The van der Waals surface area contributed by atoms with E-state index in [4.69, 9.17) is 0 Å². The van der Waals surface area contributed by atoms with Gasteiger partial charge in [-0.05, 0) is 6.92 Å². The van der Waals surface area contributed by atoms with Crippen LogP contribution in [0.1, 0.15) is 17.3 Å². The Balaban J connectivity index is 3.17. The lowest BCUT2D eigenvalue weighted by molar-refractivity contribution is -0.143. The highest BCUT2D eigenvalue weighted by Gasteiger charge is 2.28. The van der Waals surface area contributed by atoms with Gasteiger partial charge >= 0.3 is 5.97 Å². The third-order valence-corrected chi connectivity index (χ3v) is 2.20. The molecular formula is C11H9F3O3. The summed E-state index contributed by atoms with van der Waals surface area (Å²) in [6, 6.07) is 0.751. The van der Waals surface area contributed by atoms with E-state index in [-0.39, 0.29) is 0 Å². The van der Waals surface area contributed by atoms with Crippen molar-refractivity contribution in [3.8, 4) is 0 Å². The number of rotatable bonds is 3. The Morgan fingerprint density at radius 2 is 1.65 bits per heavy atom. The van der Waals surface area contributed by atoms with Gasteiger partial charge in [0.1, 0.15) is 23.4 Å². The van der Waals surface area contributed by atoms with Gasteiger partial charge in [0.15, 0.2) is 5.78 Å². The number of Topliss-reactive ketones (excluding diaryl/α,β-unsaturated/α-hetero) is 1. The summed E-state index contributed by atoms with van der Waals surface area (Å²) in [5, 5.41) is 0. The maximum absolute atomic E-state index is 13.2. The van der Waals surface area contributed by atoms with Gasteiger partial charge < -0.3 is 4.74 Å². The number of hydrogen-bond donors (Lipinski definition) is 0. The normalized spacial score (nSPS) is 12.1. The summed E-state index contributed by atoms with van der Waals surface area (Å²) in [7, 11) is 1.05. The van der Waals surface area contributed by atoms with Gasteiger partial charge in [-0.15, -0.1) is 0 Å². The van der Waals surface area contributed by atoms with Crippen LogP contribution in [-0.4, -0.2) is 18.9 Å². The van der Waals surface area contributed by atoms with Crippen molar-refractivity contribution in [3.05, 3.63) is 35.1 Å². The van der Waals surface area contributed by atoms with Crippen molar-refractivity contribution in [2.45, 2.75) is 6.92 Å². The van der Waals surface area contributed by atoms with Crippen LogP contribution >= 0.6 is 0 Å². The van der Waals surface area contributed by atoms with E-state index in [1.807, 2.05) is 0 Å². The van der Waals surface area contributed by atoms with E-state index < -0.39 is 40.7 Å². The van der Waals surface area contributed by atoms with Crippen molar-refractivity contribution in [2.75, 3.05) is 7.11 Å². The SMILES string of the molecule is COC(=O)C(C)C(=O)c1c(F)cc(F)cc1F. The molecule has 0 aliphatic rings. The van der Waals surface area contributed by atoms with Gasteiger partial charge in [-0.1, -0.05) is 0 Å². The molecular weight excluding hydrogens is 237 g/mol. The van der Waals surface area contributed by atoms with Gasteiger partial charge in [-0.2, -0.15) is 0 Å². The van der Waals surface area contributed by atoms with E-state index in [0.717, 1.165) is 14.0 Å². The van der Waals surface area contributed by atoms with Crippen LogP contribution in [0.15, 0.2) is 12.1 Å². The predicted octanol–water partition coefficient (Wildman–Crippen LogP) is 2.10. The topological polar surface area (TPSA) is 43.4 Å². The first-order valence-corrected chi connectivity index (χ1v) is 4.65. The van der Waals surface area contributed by atoms with Crippen LogP contribution in [0.25, 0.3) is 0 Å². The van der Waals surface area contributed by atoms with Gasteiger partial charge in [0.2, 0.25) is 0 Å². The van der Waals surface area contributed by atoms with Crippen molar-refractivity contribution >= 4 is 11.8 Å². The zero-order chi connectivity index (χ0) is 13.2. The molecule has 0 N–H and O–H groups in total. The molecule has 0 aromatic heterocycles. The molecule has 0 aliphatic carbocycles. The van der Waals surface area contributed by atoms with E-state index in [0.29, 0.717) is 12.1 Å². The Hall–Kier alpha value is -1.85. The molecule has 6 heteroatoms. The zero-order valence-electron chi connectivity index (χ0n) is 9.09. The molecule has 92 valence electrons. The molecule has 0 fully saturated rings. The van der Waals surface area contributed by atoms with Crippen molar-refractivity contribution in [3.63, 3.8) is 0 Å². The number of hydrogen-bond acceptors (Lipinski definition) is 3. The molecule has 0 aliphatic heterocycles. The molecule has 0 radical (unpaired) electrons. The molecule has 0 bridgehead atoms. The highest BCUT2D eigenvalue weighted by molar-refractivity contribution is 6.08. The quantitative estimate of drug-likeness (QED) is 0.466. The molecule has 1 aromatic carbocycles. The van der Waals surface area contributed by atoms with Crippen LogP contribution in [0.2, 0.25) is 0 Å². The monoisotopic (exact) mass is 246 g/mol. The average molecular weight is 246 g/mol. The Morgan fingerprint density at radius 1 is 1.18 bits per heavy atom. The van der Waals surface area contributed by atoms with E-state index in [2.05, 4.69) is 4.74 Å². The number of methoxy groups -OCH3 is 1. The summed E-state index contributed by atoms with van der Waals surface area (Å²) in [5.74, 6) is -7.19. The molecule has 0 heterocycles. The molecule has 1 aromatic rings. The predicted molar refractivity (Wildman–Crippen MR) is 51.8 cm³/mol. The summed E-state index contributed by atoms with van der Waals surface area (Å²) in [6.07, 6.45) is 0. The minimum atomic E-state index is -1.35. The number of carbonyl (C=O) groups excluding carboxylic acids is 2. The maximum Gasteiger partial charge on any atom is 0.316 e. The van der Waals surface area contributed by atoms with Gasteiger partial charge in [0, 0.05) is 12.1 Å². The van der Waals surface area contributed by atoms with Gasteiger partial charge in [0.25, 0.3) is 0 Å². The highest BCUT2D eigenvalue weighted by atomic mass is 19.1. The van der Waals surface area contributed by atoms with Gasteiger partial charge in [0.05, 0.1) is 12.7 Å². The molecule has 17 heavy (non-hydrogen) atoms. The minimum absolute atomic E-state index is 0.375. The Morgan fingerprint density at radius 3 is 2.06 bits per heavy atom. The largest absolute Gasteiger partial charge is 0.468 e. The van der Waals surface area contributed by atoms with Gasteiger partial charge in [-0.25, -0.2) is 13.2 Å². The lowest BCUT2D eigenvalue weighted by Crippen LogP contribution is -2.24. The summed E-state index contributed by atoms with van der Waals surface area (Å²) in [6.45, 7) is 1.15. The summed E-state index contributed by atoms with van der Waals surface area (Å²) in [4.78, 5) is 22.6.